The van der Waals surface area contributed by atoms with Gasteiger partial charge in [-0.25, -0.2) is 4.39 Å². The predicted octanol–water partition coefficient (Wildman–Crippen LogP) is 4.10. The molecule has 1 aliphatic rings. The van der Waals surface area contributed by atoms with Crippen LogP contribution in [0.3, 0.4) is 0 Å². The van der Waals surface area contributed by atoms with Gasteiger partial charge in [0, 0.05) is 6.54 Å². The molecule has 0 amide bonds. The van der Waals surface area contributed by atoms with Gasteiger partial charge in [-0.3, -0.25) is 0 Å². The molecule has 1 aromatic carbocycles. The van der Waals surface area contributed by atoms with Gasteiger partial charge in [0.25, 0.3) is 0 Å². The van der Waals surface area contributed by atoms with E-state index in [1.165, 1.54) is 32.0 Å². The molecular formula is C19H24FN3OS. The molecular weight excluding hydrogens is 337 g/mol. The van der Waals surface area contributed by atoms with Crippen molar-refractivity contribution in [1.82, 2.24) is 9.80 Å². The van der Waals surface area contributed by atoms with Crippen molar-refractivity contribution in [3.8, 4) is 0 Å². The number of halogens is 1. The average molecular weight is 361 g/mol. The quantitative estimate of drug-likeness (QED) is 0.751. The highest BCUT2D eigenvalue weighted by Crippen LogP contribution is 2.15. The van der Waals surface area contributed by atoms with Crippen molar-refractivity contribution in [2.45, 2.75) is 25.8 Å². The largest absolute Gasteiger partial charge is 0.467 e. The molecule has 1 aliphatic heterocycles. The Bertz CT molecular complexity index is 671. The number of nitrogens with one attached hydrogen (secondary N) is 1. The van der Waals surface area contributed by atoms with Crippen molar-refractivity contribution in [2.24, 2.45) is 0 Å². The van der Waals surface area contributed by atoms with E-state index in [0.717, 1.165) is 25.3 Å². The zero-order chi connectivity index (χ0) is 17.5. The van der Waals surface area contributed by atoms with Crippen LogP contribution in [0.4, 0.5) is 10.1 Å². The highest BCUT2D eigenvalue weighted by Gasteiger charge is 2.15. The first kappa shape index (κ1) is 17.9. The van der Waals surface area contributed by atoms with Crippen molar-refractivity contribution < 1.29 is 8.81 Å². The molecule has 0 bridgehead atoms. The van der Waals surface area contributed by atoms with E-state index in [1.807, 2.05) is 17.0 Å². The van der Waals surface area contributed by atoms with Gasteiger partial charge in [0.15, 0.2) is 5.11 Å². The minimum atomic E-state index is -0.306. The monoisotopic (exact) mass is 361 g/mol. The molecule has 0 radical (unpaired) electrons. The first-order valence-electron chi connectivity index (χ1n) is 8.77. The third-order valence-electron chi connectivity index (χ3n) is 4.43. The Balaban J connectivity index is 1.60. The molecule has 0 saturated carbocycles. The van der Waals surface area contributed by atoms with Gasteiger partial charge in [-0.1, -0.05) is 12.1 Å². The maximum Gasteiger partial charge on any atom is 0.173 e. The highest BCUT2D eigenvalue weighted by molar-refractivity contribution is 7.80. The number of furan rings is 1. The summed E-state index contributed by atoms with van der Waals surface area (Å²) in [6, 6.07) is 10.4. The van der Waals surface area contributed by atoms with E-state index in [2.05, 4.69) is 10.2 Å². The zero-order valence-corrected chi connectivity index (χ0v) is 15.1. The van der Waals surface area contributed by atoms with Crippen LogP contribution in [0.15, 0.2) is 47.1 Å². The fourth-order valence-electron chi connectivity index (χ4n) is 3.09. The van der Waals surface area contributed by atoms with Gasteiger partial charge in [-0.15, -0.1) is 0 Å². The molecule has 25 heavy (non-hydrogen) atoms. The molecule has 1 fully saturated rings. The van der Waals surface area contributed by atoms with E-state index < -0.39 is 0 Å². The van der Waals surface area contributed by atoms with Crippen LogP contribution in [-0.2, 0) is 6.54 Å². The summed E-state index contributed by atoms with van der Waals surface area (Å²) in [4.78, 5) is 4.52. The number of thiocarbonyl (C=S) groups is 1. The number of rotatable bonds is 7. The molecule has 2 aromatic rings. The van der Waals surface area contributed by atoms with E-state index in [-0.39, 0.29) is 5.82 Å². The molecule has 2 heterocycles. The molecule has 3 rings (SSSR count). The molecule has 0 spiro atoms. The molecule has 0 aliphatic carbocycles. The van der Waals surface area contributed by atoms with Crippen molar-refractivity contribution >= 4 is 23.0 Å². The number of nitrogens with zero attached hydrogens (tertiary/aromatic N) is 2. The Morgan fingerprint density at radius 3 is 2.72 bits per heavy atom. The Kier molecular flexibility index (Phi) is 6.42. The second-order valence-electron chi connectivity index (χ2n) is 6.31. The summed E-state index contributed by atoms with van der Waals surface area (Å²) in [5, 5.41) is 3.54. The van der Waals surface area contributed by atoms with Gasteiger partial charge in [0.1, 0.15) is 11.6 Å². The zero-order valence-electron chi connectivity index (χ0n) is 14.3. The lowest BCUT2D eigenvalue weighted by Crippen LogP contribution is -2.36. The van der Waals surface area contributed by atoms with Crippen LogP contribution in [0.2, 0.25) is 0 Å². The second-order valence-corrected chi connectivity index (χ2v) is 6.70. The van der Waals surface area contributed by atoms with Gasteiger partial charge in [0.05, 0.1) is 18.5 Å². The third-order valence-corrected chi connectivity index (χ3v) is 4.79. The summed E-state index contributed by atoms with van der Waals surface area (Å²) in [6.45, 7) is 4.83. The molecule has 6 heteroatoms. The Morgan fingerprint density at radius 2 is 2.00 bits per heavy atom. The molecule has 1 aromatic heterocycles. The summed E-state index contributed by atoms with van der Waals surface area (Å²) < 4.78 is 19.3. The first-order chi connectivity index (χ1) is 12.2. The summed E-state index contributed by atoms with van der Waals surface area (Å²) in [5.74, 6) is 0.540. The molecule has 0 atom stereocenters. The van der Waals surface area contributed by atoms with Crippen molar-refractivity contribution in [2.75, 3.05) is 31.5 Å². The first-order valence-corrected chi connectivity index (χ1v) is 9.18. The van der Waals surface area contributed by atoms with E-state index >= 15 is 0 Å². The van der Waals surface area contributed by atoms with Crippen molar-refractivity contribution in [3.05, 3.63) is 54.2 Å². The lowest BCUT2D eigenvalue weighted by molar-refractivity contribution is 0.298. The molecule has 1 N–H and O–H groups in total. The number of hydrogen-bond donors (Lipinski definition) is 1. The lowest BCUT2D eigenvalue weighted by Gasteiger charge is -2.26. The minimum Gasteiger partial charge on any atom is -0.467 e. The van der Waals surface area contributed by atoms with Crippen LogP contribution in [-0.4, -0.2) is 41.1 Å². The average Bonchev–Trinajstić information content (AvgIpc) is 3.29. The van der Waals surface area contributed by atoms with Crippen LogP contribution in [0, 0.1) is 5.82 Å². The van der Waals surface area contributed by atoms with Crippen molar-refractivity contribution in [3.63, 3.8) is 0 Å². The summed E-state index contributed by atoms with van der Waals surface area (Å²) in [6.07, 6.45) is 5.26. The topological polar surface area (TPSA) is 31.6 Å². The fraction of sp³-hybridized carbons (Fsp3) is 0.421. The van der Waals surface area contributed by atoms with Gasteiger partial charge in [0.2, 0.25) is 0 Å². The SMILES string of the molecule is Fc1ccccc1NC(=S)N(CCCN1CCCC1)Cc1ccco1. The smallest absolute Gasteiger partial charge is 0.173 e. The maximum absolute atomic E-state index is 13.9. The van der Waals surface area contributed by atoms with Crippen LogP contribution in [0.1, 0.15) is 25.0 Å². The number of likely N-dealkylation sites (tertiary alicyclic amines) is 1. The number of hydrogen-bond acceptors (Lipinski definition) is 3. The standard InChI is InChI=1S/C19H24FN3OS/c20-17-8-1-2-9-18(17)21-19(25)23(15-16-7-5-14-24-16)13-6-12-22-10-3-4-11-22/h1-2,5,7-9,14H,3-4,6,10-13,15H2,(H,21,25). The minimum absolute atomic E-state index is 0.306. The number of para-hydroxylation sites is 1. The summed E-state index contributed by atoms with van der Waals surface area (Å²) in [7, 11) is 0. The van der Waals surface area contributed by atoms with Gasteiger partial charge >= 0.3 is 0 Å². The Labute approximate surface area is 153 Å². The normalized spacial score (nSPS) is 14.6. The van der Waals surface area contributed by atoms with Gasteiger partial charge < -0.3 is 19.5 Å². The van der Waals surface area contributed by atoms with Crippen LogP contribution >= 0.6 is 12.2 Å². The fourth-order valence-corrected chi connectivity index (χ4v) is 3.36. The lowest BCUT2D eigenvalue weighted by atomic mass is 10.3. The van der Waals surface area contributed by atoms with Crippen LogP contribution in [0.5, 0.6) is 0 Å². The van der Waals surface area contributed by atoms with E-state index in [9.17, 15) is 4.39 Å². The van der Waals surface area contributed by atoms with Crippen molar-refractivity contribution in [1.29, 1.82) is 0 Å². The Morgan fingerprint density at radius 1 is 1.20 bits per heavy atom. The number of anilines is 1. The maximum atomic E-state index is 13.9. The molecule has 134 valence electrons. The third kappa shape index (κ3) is 5.28. The molecule has 4 nitrogen and oxygen atoms in total. The van der Waals surface area contributed by atoms with E-state index in [1.54, 1.807) is 24.5 Å². The molecule has 1 saturated heterocycles. The van der Waals surface area contributed by atoms with Crippen LogP contribution in [0.25, 0.3) is 0 Å². The van der Waals surface area contributed by atoms with Gasteiger partial charge in [-0.2, -0.15) is 0 Å². The molecule has 0 unspecified atom stereocenters. The number of benzene rings is 1. The van der Waals surface area contributed by atoms with Gasteiger partial charge in [-0.05, 0) is 75.4 Å². The highest BCUT2D eigenvalue weighted by atomic mass is 32.1. The predicted molar refractivity (Wildman–Crippen MR) is 102 cm³/mol. The Hall–Kier alpha value is -1.92. The second kappa shape index (κ2) is 8.97. The van der Waals surface area contributed by atoms with E-state index in [4.69, 9.17) is 16.6 Å². The summed E-state index contributed by atoms with van der Waals surface area (Å²) >= 11 is 5.53. The summed E-state index contributed by atoms with van der Waals surface area (Å²) in [5.41, 5.74) is 0.400. The van der Waals surface area contributed by atoms with Crippen LogP contribution < -0.4 is 5.32 Å². The van der Waals surface area contributed by atoms with E-state index in [0.29, 0.717) is 17.3 Å².